The fraction of sp³-hybridized carbons (Fsp3) is 0.533. The van der Waals surface area contributed by atoms with Crippen molar-refractivity contribution in [3.05, 3.63) is 29.8 Å². The van der Waals surface area contributed by atoms with Crippen LogP contribution in [0.5, 0.6) is 5.75 Å². The number of para-hydroxylation sites is 1. The molecule has 0 aliphatic rings. The number of hydrogen-bond acceptors (Lipinski definition) is 3. The van der Waals surface area contributed by atoms with Crippen LogP contribution in [0, 0.1) is 5.41 Å². The van der Waals surface area contributed by atoms with Gasteiger partial charge in [-0.3, -0.25) is 4.79 Å². The molecule has 0 aliphatic heterocycles. The molecule has 0 aromatic heterocycles. The van der Waals surface area contributed by atoms with Crippen molar-refractivity contribution < 1.29 is 9.53 Å². The number of carbonyl (C=O) groups is 1. The number of methoxy groups -OCH3 is 1. The second-order valence-electron chi connectivity index (χ2n) is 5.46. The van der Waals surface area contributed by atoms with E-state index in [1.54, 1.807) is 7.11 Å². The Labute approximate surface area is 115 Å². The molecule has 0 atom stereocenters. The van der Waals surface area contributed by atoms with Crippen molar-refractivity contribution in [3.63, 3.8) is 0 Å². The minimum absolute atomic E-state index is 0.0219. The van der Waals surface area contributed by atoms with E-state index in [1.807, 2.05) is 31.3 Å². The summed E-state index contributed by atoms with van der Waals surface area (Å²) in [5.74, 6) is 0.779. The molecule has 0 saturated heterocycles. The normalized spacial score (nSPS) is 11.2. The van der Waals surface area contributed by atoms with E-state index in [9.17, 15) is 4.79 Å². The number of hydrogen-bond donors (Lipinski definition) is 2. The summed E-state index contributed by atoms with van der Waals surface area (Å²) >= 11 is 0. The van der Waals surface area contributed by atoms with E-state index in [4.69, 9.17) is 4.74 Å². The average Bonchev–Trinajstić information content (AvgIpc) is 2.37. The molecule has 1 aromatic carbocycles. The second-order valence-corrected chi connectivity index (χ2v) is 5.46. The molecular formula is C15H24N2O2. The first kappa shape index (κ1) is 15.5. The first-order valence-electron chi connectivity index (χ1n) is 6.52. The molecule has 1 aromatic rings. The summed E-state index contributed by atoms with van der Waals surface area (Å²) in [6.45, 7) is 5.75. The monoisotopic (exact) mass is 264 g/mol. The standard InChI is InChI=1S/C15H24N2O2/c1-15(2,10-16-3)11-17-14(18)9-12-7-5-6-8-13(12)19-4/h5-8,16H,9-11H2,1-4H3,(H,17,18). The van der Waals surface area contributed by atoms with Crippen molar-refractivity contribution in [2.45, 2.75) is 20.3 Å². The highest BCUT2D eigenvalue weighted by atomic mass is 16.5. The molecule has 0 bridgehead atoms. The maximum Gasteiger partial charge on any atom is 0.224 e. The predicted octanol–water partition coefficient (Wildman–Crippen LogP) is 1.60. The Kier molecular flexibility index (Phi) is 5.83. The highest BCUT2D eigenvalue weighted by Crippen LogP contribution is 2.18. The number of ether oxygens (including phenoxy) is 1. The van der Waals surface area contributed by atoms with Gasteiger partial charge in [0.1, 0.15) is 5.75 Å². The summed E-state index contributed by atoms with van der Waals surface area (Å²) in [4.78, 5) is 11.9. The fourth-order valence-electron chi connectivity index (χ4n) is 1.96. The van der Waals surface area contributed by atoms with Gasteiger partial charge < -0.3 is 15.4 Å². The first-order valence-corrected chi connectivity index (χ1v) is 6.52. The maximum absolute atomic E-state index is 11.9. The van der Waals surface area contributed by atoms with Crippen LogP contribution in [0.4, 0.5) is 0 Å². The van der Waals surface area contributed by atoms with E-state index in [0.717, 1.165) is 17.9 Å². The van der Waals surface area contributed by atoms with Gasteiger partial charge >= 0.3 is 0 Å². The third kappa shape index (κ3) is 5.30. The minimum Gasteiger partial charge on any atom is -0.496 e. The van der Waals surface area contributed by atoms with Crippen LogP contribution in [0.15, 0.2) is 24.3 Å². The van der Waals surface area contributed by atoms with Crippen molar-refractivity contribution in [2.24, 2.45) is 5.41 Å². The zero-order valence-corrected chi connectivity index (χ0v) is 12.2. The van der Waals surface area contributed by atoms with Gasteiger partial charge in [-0.15, -0.1) is 0 Å². The Morgan fingerprint density at radius 2 is 1.95 bits per heavy atom. The minimum atomic E-state index is 0.0219. The van der Waals surface area contributed by atoms with Crippen molar-refractivity contribution >= 4 is 5.91 Å². The summed E-state index contributed by atoms with van der Waals surface area (Å²) in [6, 6.07) is 7.59. The van der Waals surface area contributed by atoms with E-state index in [-0.39, 0.29) is 11.3 Å². The largest absolute Gasteiger partial charge is 0.496 e. The lowest BCUT2D eigenvalue weighted by Gasteiger charge is -2.24. The molecule has 1 rings (SSSR count). The van der Waals surface area contributed by atoms with Gasteiger partial charge in [0.25, 0.3) is 0 Å². The summed E-state index contributed by atoms with van der Waals surface area (Å²) in [7, 11) is 3.53. The summed E-state index contributed by atoms with van der Waals surface area (Å²) < 4.78 is 5.24. The van der Waals surface area contributed by atoms with Crippen LogP contribution in [0.25, 0.3) is 0 Å². The third-order valence-electron chi connectivity index (χ3n) is 2.96. The number of carbonyl (C=O) groups excluding carboxylic acids is 1. The molecule has 0 aliphatic carbocycles. The Balaban J connectivity index is 2.52. The third-order valence-corrected chi connectivity index (χ3v) is 2.96. The summed E-state index contributed by atoms with van der Waals surface area (Å²) in [5.41, 5.74) is 0.958. The molecule has 0 radical (unpaired) electrons. The molecule has 4 nitrogen and oxygen atoms in total. The van der Waals surface area contributed by atoms with E-state index < -0.39 is 0 Å². The van der Waals surface area contributed by atoms with Gasteiger partial charge in [-0.2, -0.15) is 0 Å². The van der Waals surface area contributed by atoms with Gasteiger partial charge in [0.2, 0.25) is 5.91 Å². The van der Waals surface area contributed by atoms with E-state index >= 15 is 0 Å². The van der Waals surface area contributed by atoms with E-state index in [1.165, 1.54) is 0 Å². The molecule has 0 spiro atoms. The Morgan fingerprint density at radius 1 is 1.26 bits per heavy atom. The second kappa shape index (κ2) is 7.14. The van der Waals surface area contributed by atoms with Crippen LogP contribution in [0.3, 0.4) is 0 Å². The van der Waals surface area contributed by atoms with Crippen molar-refractivity contribution in [3.8, 4) is 5.75 Å². The molecule has 0 saturated carbocycles. The van der Waals surface area contributed by atoms with E-state index in [2.05, 4.69) is 24.5 Å². The van der Waals surface area contributed by atoms with E-state index in [0.29, 0.717) is 13.0 Å². The Bertz CT molecular complexity index is 416. The van der Waals surface area contributed by atoms with Crippen molar-refractivity contribution in [2.75, 3.05) is 27.2 Å². The lowest BCUT2D eigenvalue weighted by atomic mass is 9.93. The van der Waals surface area contributed by atoms with Crippen LogP contribution in [-0.4, -0.2) is 33.2 Å². The predicted molar refractivity (Wildman–Crippen MR) is 77.4 cm³/mol. The van der Waals surface area contributed by atoms with Gasteiger partial charge in [0.15, 0.2) is 0 Å². The summed E-state index contributed by atoms with van der Waals surface area (Å²) in [6.07, 6.45) is 0.347. The van der Waals surface area contributed by atoms with Gasteiger partial charge in [0.05, 0.1) is 13.5 Å². The lowest BCUT2D eigenvalue weighted by Crippen LogP contribution is -2.39. The summed E-state index contributed by atoms with van der Waals surface area (Å²) in [5, 5.41) is 6.10. The van der Waals surface area contributed by atoms with Crippen LogP contribution in [0.2, 0.25) is 0 Å². The quantitative estimate of drug-likeness (QED) is 0.786. The Morgan fingerprint density at radius 3 is 2.58 bits per heavy atom. The highest BCUT2D eigenvalue weighted by molar-refractivity contribution is 5.79. The molecular weight excluding hydrogens is 240 g/mol. The maximum atomic E-state index is 11.9. The zero-order chi connectivity index (χ0) is 14.3. The molecule has 2 N–H and O–H groups in total. The molecule has 4 heteroatoms. The lowest BCUT2D eigenvalue weighted by molar-refractivity contribution is -0.120. The Hall–Kier alpha value is -1.55. The molecule has 0 fully saturated rings. The van der Waals surface area contributed by atoms with Crippen LogP contribution < -0.4 is 15.4 Å². The topological polar surface area (TPSA) is 50.4 Å². The van der Waals surface area contributed by atoms with Crippen LogP contribution in [-0.2, 0) is 11.2 Å². The number of nitrogens with one attached hydrogen (secondary N) is 2. The molecule has 106 valence electrons. The van der Waals surface area contributed by atoms with Crippen molar-refractivity contribution in [1.29, 1.82) is 0 Å². The number of amides is 1. The van der Waals surface area contributed by atoms with Crippen LogP contribution >= 0.6 is 0 Å². The smallest absolute Gasteiger partial charge is 0.224 e. The molecule has 0 unspecified atom stereocenters. The molecule has 0 heterocycles. The van der Waals surface area contributed by atoms with Gasteiger partial charge in [-0.05, 0) is 18.5 Å². The van der Waals surface area contributed by atoms with Gasteiger partial charge in [-0.25, -0.2) is 0 Å². The number of benzene rings is 1. The molecule has 1 amide bonds. The zero-order valence-electron chi connectivity index (χ0n) is 12.2. The SMILES string of the molecule is CNCC(C)(C)CNC(=O)Cc1ccccc1OC. The average molecular weight is 264 g/mol. The first-order chi connectivity index (χ1) is 8.98. The fourth-order valence-corrected chi connectivity index (χ4v) is 1.96. The molecule has 19 heavy (non-hydrogen) atoms. The number of rotatable bonds is 7. The van der Waals surface area contributed by atoms with Crippen LogP contribution in [0.1, 0.15) is 19.4 Å². The van der Waals surface area contributed by atoms with Crippen molar-refractivity contribution in [1.82, 2.24) is 10.6 Å². The van der Waals surface area contributed by atoms with Gasteiger partial charge in [0, 0.05) is 18.7 Å². The highest BCUT2D eigenvalue weighted by Gasteiger charge is 2.18. The van der Waals surface area contributed by atoms with Gasteiger partial charge in [-0.1, -0.05) is 32.0 Å².